The Morgan fingerprint density at radius 3 is 2.74 bits per heavy atom. The Morgan fingerprint density at radius 2 is 1.97 bits per heavy atom. The molecule has 5 rings (SSSR count). The predicted octanol–water partition coefficient (Wildman–Crippen LogP) is 4.48. The fourth-order valence-corrected chi connectivity index (χ4v) is 4.36. The smallest absolute Gasteiger partial charge is 0.251 e. The van der Waals surface area contributed by atoms with Crippen LogP contribution in [0.25, 0.3) is 11.1 Å². The third-order valence-electron chi connectivity index (χ3n) is 6.03. The van der Waals surface area contributed by atoms with Crippen molar-refractivity contribution in [3.05, 3.63) is 101 Å². The monoisotopic (exact) mass is 456 g/mol. The second-order valence-electron chi connectivity index (χ2n) is 8.58. The van der Waals surface area contributed by atoms with E-state index in [1.807, 2.05) is 54.9 Å². The zero-order valence-corrected chi connectivity index (χ0v) is 19.1. The van der Waals surface area contributed by atoms with Crippen LogP contribution < -0.4 is 10.1 Å². The lowest BCUT2D eigenvalue weighted by Gasteiger charge is -2.14. The molecule has 0 saturated carbocycles. The number of pyridine rings is 1. The molecular weight excluding hydrogens is 431 g/mol. The molecular formula is C27H25FN4O2. The minimum absolute atomic E-state index is 0.190. The Morgan fingerprint density at radius 1 is 1.15 bits per heavy atom. The Kier molecular flexibility index (Phi) is 5.84. The summed E-state index contributed by atoms with van der Waals surface area (Å²) in [5.41, 5.74) is 5.88. The second kappa shape index (κ2) is 9.09. The first-order valence-corrected chi connectivity index (χ1v) is 11.2. The van der Waals surface area contributed by atoms with E-state index in [-0.39, 0.29) is 24.4 Å². The maximum Gasteiger partial charge on any atom is 0.251 e. The van der Waals surface area contributed by atoms with Crippen LogP contribution in [0.3, 0.4) is 0 Å². The molecule has 1 aliphatic heterocycles. The van der Waals surface area contributed by atoms with Crippen molar-refractivity contribution in [2.45, 2.75) is 32.9 Å². The van der Waals surface area contributed by atoms with Gasteiger partial charge in [0.15, 0.2) is 0 Å². The molecule has 172 valence electrons. The standard InChI is InChI=1S/C27H25FN4O2/c1-17-12-18(2)32(31-17)16-19-4-3-5-21(13-19)27(33)30-15-22-14-24-25(28)7-6-23(26(24)34-22)20-8-10-29-11-9-20/h3-13,22H,14-16H2,1-2H3,(H,30,33)/t22-/m0/s1. The van der Waals surface area contributed by atoms with E-state index in [4.69, 9.17) is 4.74 Å². The maximum atomic E-state index is 14.5. The van der Waals surface area contributed by atoms with Gasteiger partial charge in [-0.25, -0.2) is 4.39 Å². The van der Waals surface area contributed by atoms with Gasteiger partial charge in [-0.05, 0) is 67.4 Å². The number of ether oxygens (including phenoxy) is 1. The number of benzene rings is 2. The van der Waals surface area contributed by atoms with Gasteiger partial charge >= 0.3 is 0 Å². The molecule has 0 fully saturated rings. The number of nitrogens with zero attached hydrogens (tertiary/aromatic N) is 3. The summed E-state index contributed by atoms with van der Waals surface area (Å²) in [6.45, 7) is 4.85. The summed E-state index contributed by atoms with van der Waals surface area (Å²) in [5.74, 6) is 0.0559. The van der Waals surface area contributed by atoms with Gasteiger partial charge < -0.3 is 10.1 Å². The molecule has 1 aliphatic rings. The Labute approximate surface area is 197 Å². The molecule has 7 heteroatoms. The van der Waals surface area contributed by atoms with E-state index in [9.17, 15) is 9.18 Å². The first-order valence-electron chi connectivity index (χ1n) is 11.2. The largest absolute Gasteiger partial charge is 0.487 e. The van der Waals surface area contributed by atoms with Gasteiger partial charge in [0.25, 0.3) is 5.91 Å². The summed E-state index contributed by atoms with van der Waals surface area (Å²) in [4.78, 5) is 16.9. The van der Waals surface area contributed by atoms with E-state index in [1.54, 1.807) is 24.5 Å². The third kappa shape index (κ3) is 4.41. The minimum atomic E-state index is -0.339. The van der Waals surface area contributed by atoms with Crippen molar-refractivity contribution in [2.24, 2.45) is 0 Å². The van der Waals surface area contributed by atoms with Crippen molar-refractivity contribution >= 4 is 5.91 Å². The molecule has 0 bridgehead atoms. The van der Waals surface area contributed by atoms with Crippen molar-refractivity contribution in [1.29, 1.82) is 0 Å². The summed E-state index contributed by atoms with van der Waals surface area (Å²) in [6, 6.07) is 16.4. The SMILES string of the molecule is Cc1cc(C)n(Cc2cccc(C(=O)NC[C@@H]3Cc4c(F)ccc(-c5ccncc5)c4O3)c2)n1. The van der Waals surface area contributed by atoms with Gasteiger partial charge in [0, 0.05) is 41.2 Å². The lowest BCUT2D eigenvalue weighted by atomic mass is 10.0. The number of halogens is 1. The number of fused-ring (bicyclic) bond motifs is 1. The normalized spacial score (nSPS) is 14.5. The average Bonchev–Trinajstić information content (AvgIpc) is 3.41. The molecule has 1 atom stereocenters. The lowest BCUT2D eigenvalue weighted by Crippen LogP contribution is -2.34. The zero-order chi connectivity index (χ0) is 23.7. The molecule has 1 N–H and O–H groups in total. The molecule has 0 radical (unpaired) electrons. The number of carbonyl (C=O) groups is 1. The fraction of sp³-hybridized carbons (Fsp3) is 0.222. The van der Waals surface area contributed by atoms with Gasteiger partial charge in [-0.2, -0.15) is 5.10 Å². The van der Waals surface area contributed by atoms with E-state index in [1.165, 1.54) is 6.07 Å². The average molecular weight is 457 g/mol. The number of hydrogen-bond acceptors (Lipinski definition) is 4. The van der Waals surface area contributed by atoms with Crippen molar-refractivity contribution in [3.8, 4) is 16.9 Å². The van der Waals surface area contributed by atoms with Crippen LogP contribution in [0.1, 0.15) is 32.9 Å². The van der Waals surface area contributed by atoms with Gasteiger partial charge in [0.05, 0.1) is 18.8 Å². The van der Waals surface area contributed by atoms with Gasteiger partial charge in [-0.3, -0.25) is 14.5 Å². The lowest BCUT2D eigenvalue weighted by molar-refractivity contribution is 0.0933. The van der Waals surface area contributed by atoms with Crippen LogP contribution in [0.15, 0.2) is 67.0 Å². The first-order chi connectivity index (χ1) is 16.5. The van der Waals surface area contributed by atoms with Gasteiger partial charge in [-0.1, -0.05) is 12.1 Å². The number of amides is 1. The highest BCUT2D eigenvalue weighted by Gasteiger charge is 2.29. The number of hydrogen-bond donors (Lipinski definition) is 1. The number of rotatable bonds is 6. The first kappa shape index (κ1) is 21.8. The molecule has 0 spiro atoms. The van der Waals surface area contributed by atoms with Crippen LogP contribution in [0.4, 0.5) is 4.39 Å². The van der Waals surface area contributed by atoms with Crippen LogP contribution in [0, 0.1) is 19.7 Å². The van der Waals surface area contributed by atoms with E-state index >= 15 is 0 Å². The topological polar surface area (TPSA) is 69.0 Å². The summed E-state index contributed by atoms with van der Waals surface area (Å²) in [6.07, 6.45) is 3.45. The Balaban J connectivity index is 1.25. The van der Waals surface area contributed by atoms with Crippen LogP contribution in [0.5, 0.6) is 5.75 Å². The maximum absolute atomic E-state index is 14.5. The third-order valence-corrected chi connectivity index (χ3v) is 6.03. The van der Waals surface area contributed by atoms with Gasteiger partial charge in [-0.15, -0.1) is 0 Å². The highest BCUT2D eigenvalue weighted by molar-refractivity contribution is 5.94. The summed E-state index contributed by atoms with van der Waals surface area (Å²) in [5, 5.41) is 7.43. The summed E-state index contributed by atoms with van der Waals surface area (Å²) in [7, 11) is 0. The Hall–Kier alpha value is -4.00. The number of nitrogens with one attached hydrogen (secondary N) is 1. The van der Waals surface area contributed by atoms with Crippen LogP contribution in [0.2, 0.25) is 0 Å². The molecule has 0 aliphatic carbocycles. The molecule has 6 nitrogen and oxygen atoms in total. The van der Waals surface area contributed by atoms with Crippen molar-refractivity contribution in [3.63, 3.8) is 0 Å². The van der Waals surface area contributed by atoms with E-state index in [0.717, 1.165) is 28.1 Å². The molecule has 3 heterocycles. The van der Waals surface area contributed by atoms with Gasteiger partial charge in [0.2, 0.25) is 0 Å². The molecule has 34 heavy (non-hydrogen) atoms. The highest BCUT2D eigenvalue weighted by atomic mass is 19.1. The predicted molar refractivity (Wildman–Crippen MR) is 127 cm³/mol. The van der Waals surface area contributed by atoms with E-state index in [0.29, 0.717) is 29.8 Å². The molecule has 0 saturated heterocycles. The molecule has 1 amide bonds. The van der Waals surface area contributed by atoms with Gasteiger partial charge in [0.1, 0.15) is 17.7 Å². The summed E-state index contributed by atoms with van der Waals surface area (Å²) >= 11 is 0. The number of aryl methyl sites for hydroxylation is 2. The second-order valence-corrected chi connectivity index (χ2v) is 8.58. The summed E-state index contributed by atoms with van der Waals surface area (Å²) < 4.78 is 22.5. The fourth-order valence-electron chi connectivity index (χ4n) is 4.36. The molecule has 0 unspecified atom stereocenters. The molecule has 4 aromatic rings. The number of carbonyl (C=O) groups excluding carboxylic acids is 1. The number of aromatic nitrogens is 3. The minimum Gasteiger partial charge on any atom is -0.487 e. The van der Waals surface area contributed by atoms with Crippen molar-refractivity contribution in [2.75, 3.05) is 6.54 Å². The molecule has 2 aromatic carbocycles. The van der Waals surface area contributed by atoms with Crippen LogP contribution in [-0.4, -0.2) is 33.3 Å². The van der Waals surface area contributed by atoms with Crippen molar-refractivity contribution < 1.29 is 13.9 Å². The van der Waals surface area contributed by atoms with Crippen molar-refractivity contribution in [1.82, 2.24) is 20.1 Å². The highest BCUT2D eigenvalue weighted by Crippen LogP contribution is 2.40. The van der Waals surface area contributed by atoms with E-state index < -0.39 is 0 Å². The van der Waals surface area contributed by atoms with Crippen LogP contribution in [-0.2, 0) is 13.0 Å². The molecule has 2 aromatic heterocycles. The quantitative estimate of drug-likeness (QED) is 0.464. The van der Waals surface area contributed by atoms with Crippen LogP contribution >= 0.6 is 0 Å². The van der Waals surface area contributed by atoms with E-state index in [2.05, 4.69) is 15.4 Å². The Bertz CT molecular complexity index is 1350. The zero-order valence-electron chi connectivity index (χ0n) is 19.1.